The number of halogens is 1. The third-order valence-electron chi connectivity index (χ3n) is 3.69. The molecule has 100 valence electrons. The topological polar surface area (TPSA) is 49.4 Å². The fourth-order valence-corrected chi connectivity index (χ4v) is 4.36. The van der Waals surface area contributed by atoms with E-state index >= 15 is 0 Å². The van der Waals surface area contributed by atoms with E-state index in [0.29, 0.717) is 25.6 Å². The van der Waals surface area contributed by atoms with Crippen molar-refractivity contribution in [3.63, 3.8) is 0 Å². The smallest absolute Gasteiger partial charge is 0.202 e. The van der Waals surface area contributed by atoms with Crippen molar-refractivity contribution in [3.8, 4) is 0 Å². The summed E-state index contributed by atoms with van der Waals surface area (Å²) in [5, 5.41) is 0.236. The Morgan fingerprint density at radius 2 is 1.88 bits per heavy atom. The van der Waals surface area contributed by atoms with Crippen molar-refractivity contribution >= 4 is 21.8 Å². The zero-order chi connectivity index (χ0) is 12.3. The van der Waals surface area contributed by atoms with Gasteiger partial charge in [-0.2, -0.15) is 12.7 Å². The van der Waals surface area contributed by atoms with E-state index in [1.54, 1.807) is 4.31 Å². The van der Waals surface area contributed by atoms with Gasteiger partial charge in [0.2, 0.25) is 0 Å². The van der Waals surface area contributed by atoms with Crippen LogP contribution in [0, 0.1) is 5.92 Å². The first kappa shape index (κ1) is 13.6. The Morgan fingerprint density at radius 3 is 2.47 bits per heavy atom. The Hall–Kier alpha value is 0.160. The van der Waals surface area contributed by atoms with Gasteiger partial charge in [-0.3, -0.25) is 0 Å². The van der Waals surface area contributed by atoms with Crippen LogP contribution < -0.4 is 4.72 Å². The highest BCUT2D eigenvalue weighted by molar-refractivity contribution is 7.87. The summed E-state index contributed by atoms with van der Waals surface area (Å²) < 4.78 is 28.3. The number of nitrogens with zero attached hydrogens (tertiary/aromatic N) is 1. The minimum atomic E-state index is -3.25. The Kier molecular flexibility index (Phi) is 4.69. The van der Waals surface area contributed by atoms with Gasteiger partial charge in [0.1, 0.15) is 0 Å². The van der Waals surface area contributed by atoms with Crippen molar-refractivity contribution in [2.75, 3.05) is 19.6 Å². The van der Waals surface area contributed by atoms with Crippen LogP contribution in [0.25, 0.3) is 0 Å². The fraction of sp³-hybridized carbons (Fsp3) is 1.00. The molecule has 0 spiro atoms. The molecule has 1 saturated carbocycles. The van der Waals surface area contributed by atoms with Crippen LogP contribution in [0.5, 0.6) is 0 Å². The van der Waals surface area contributed by atoms with E-state index in [2.05, 4.69) is 4.72 Å². The maximum atomic E-state index is 12.0. The largest absolute Gasteiger partial charge is 0.279 e. The second-order valence-electron chi connectivity index (χ2n) is 5.09. The molecule has 4 nitrogen and oxygen atoms in total. The van der Waals surface area contributed by atoms with Gasteiger partial charge >= 0.3 is 0 Å². The second kappa shape index (κ2) is 5.87. The molecule has 0 aromatic heterocycles. The van der Waals surface area contributed by atoms with Gasteiger partial charge in [0.25, 0.3) is 10.2 Å². The van der Waals surface area contributed by atoms with E-state index in [4.69, 9.17) is 11.6 Å². The monoisotopic (exact) mass is 280 g/mol. The summed E-state index contributed by atoms with van der Waals surface area (Å²) in [5.74, 6) is 0.414. The third kappa shape index (κ3) is 3.81. The molecule has 1 aliphatic carbocycles. The summed E-state index contributed by atoms with van der Waals surface area (Å²) >= 11 is 6.02. The molecule has 6 heteroatoms. The predicted molar refractivity (Wildman–Crippen MR) is 69.3 cm³/mol. The molecule has 0 aromatic carbocycles. The van der Waals surface area contributed by atoms with Gasteiger partial charge in [-0.15, -0.1) is 11.6 Å². The highest BCUT2D eigenvalue weighted by atomic mass is 35.5. The molecular weight excluding hydrogens is 260 g/mol. The summed E-state index contributed by atoms with van der Waals surface area (Å²) in [7, 11) is -3.25. The van der Waals surface area contributed by atoms with Crippen LogP contribution in [0.3, 0.4) is 0 Å². The first-order valence-electron chi connectivity index (χ1n) is 6.47. The molecule has 2 aliphatic rings. The maximum absolute atomic E-state index is 12.0. The minimum absolute atomic E-state index is 0.236. The molecule has 0 bridgehead atoms. The van der Waals surface area contributed by atoms with Crippen molar-refractivity contribution in [3.05, 3.63) is 0 Å². The van der Waals surface area contributed by atoms with Gasteiger partial charge in [0.05, 0.1) is 0 Å². The maximum Gasteiger partial charge on any atom is 0.279 e. The number of alkyl halides is 1. The van der Waals surface area contributed by atoms with Crippen molar-refractivity contribution < 1.29 is 8.42 Å². The van der Waals surface area contributed by atoms with Crippen LogP contribution in [0.15, 0.2) is 0 Å². The molecule has 2 fully saturated rings. The van der Waals surface area contributed by atoms with E-state index in [1.165, 1.54) is 0 Å². The van der Waals surface area contributed by atoms with E-state index < -0.39 is 10.2 Å². The summed E-state index contributed by atoms with van der Waals surface area (Å²) in [4.78, 5) is 0. The molecule has 2 unspecified atom stereocenters. The van der Waals surface area contributed by atoms with Crippen LogP contribution in [-0.4, -0.2) is 37.7 Å². The highest BCUT2D eigenvalue weighted by Gasteiger charge is 2.27. The summed E-state index contributed by atoms with van der Waals surface area (Å²) in [6.07, 6.45) is 6.09. The fourth-order valence-electron chi connectivity index (χ4n) is 2.62. The van der Waals surface area contributed by atoms with Gasteiger partial charge < -0.3 is 0 Å². The zero-order valence-electron chi connectivity index (χ0n) is 10.1. The van der Waals surface area contributed by atoms with Gasteiger partial charge in [-0.05, 0) is 38.0 Å². The lowest BCUT2D eigenvalue weighted by Crippen LogP contribution is -2.44. The van der Waals surface area contributed by atoms with E-state index in [1.807, 2.05) is 0 Å². The standard InChI is InChI=1S/C11H21ClN2O2S/c12-11-5-4-10(8-11)9-13-17(15,16)14-6-2-1-3-7-14/h10-11,13H,1-9H2. The number of piperidine rings is 1. The van der Waals surface area contributed by atoms with Crippen molar-refractivity contribution in [1.29, 1.82) is 0 Å². The molecule has 1 N–H and O–H groups in total. The van der Waals surface area contributed by atoms with Gasteiger partial charge in [0, 0.05) is 25.0 Å². The average Bonchev–Trinajstić information content (AvgIpc) is 2.74. The first-order valence-corrected chi connectivity index (χ1v) is 8.34. The first-order chi connectivity index (χ1) is 8.08. The van der Waals surface area contributed by atoms with Gasteiger partial charge in [0.15, 0.2) is 0 Å². The Labute approximate surface area is 109 Å². The van der Waals surface area contributed by atoms with E-state index in [9.17, 15) is 8.42 Å². The second-order valence-corrected chi connectivity index (χ2v) is 7.46. The lowest BCUT2D eigenvalue weighted by atomic mass is 10.1. The van der Waals surface area contributed by atoms with Crippen molar-refractivity contribution in [2.24, 2.45) is 5.92 Å². The average molecular weight is 281 g/mol. The number of hydrogen-bond acceptors (Lipinski definition) is 2. The highest BCUT2D eigenvalue weighted by Crippen LogP contribution is 2.29. The van der Waals surface area contributed by atoms with Crippen LogP contribution in [-0.2, 0) is 10.2 Å². The Balaban J connectivity index is 1.80. The molecule has 1 aliphatic heterocycles. The number of rotatable bonds is 4. The van der Waals surface area contributed by atoms with Crippen molar-refractivity contribution in [2.45, 2.75) is 43.9 Å². The van der Waals surface area contributed by atoms with Crippen LogP contribution >= 0.6 is 11.6 Å². The lowest BCUT2D eigenvalue weighted by molar-refractivity contribution is 0.339. The molecule has 17 heavy (non-hydrogen) atoms. The van der Waals surface area contributed by atoms with Gasteiger partial charge in [-0.25, -0.2) is 4.72 Å². The minimum Gasteiger partial charge on any atom is -0.202 e. The Bertz CT molecular complexity index is 341. The zero-order valence-corrected chi connectivity index (χ0v) is 11.6. The predicted octanol–water partition coefficient (Wildman–Crippen LogP) is 1.71. The molecule has 0 radical (unpaired) electrons. The summed E-state index contributed by atoms with van der Waals surface area (Å²) in [6.45, 7) is 1.87. The molecule has 2 atom stereocenters. The van der Waals surface area contributed by atoms with Crippen LogP contribution in [0.2, 0.25) is 0 Å². The molecule has 0 aromatic rings. The number of nitrogens with one attached hydrogen (secondary N) is 1. The molecular formula is C11H21ClN2O2S. The summed E-state index contributed by atoms with van der Waals surface area (Å²) in [6, 6.07) is 0. The Morgan fingerprint density at radius 1 is 1.18 bits per heavy atom. The number of hydrogen-bond donors (Lipinski definition) is 1. The quantitative estimate of drug-likeness (QED) is 0.797. The normalized spacial score (nSPS) is 31.8. The van der Waals surface area contributed by atoms with Gasteiger partial charge in [-0.1, -0.05) is 6.42 Å². The van der Waals surface area contributed by atoms with Crippen molar-refractivity contribution in [1.82, 2.24) is 9.03 Å². The van der Waals surface area contributed by atoms with Crippen LogP contribution in [0.1, 0.15) is 38.5 Å². The third-order valence-corrected chi connectivity index (χ3v) is 5.66. The lowest BCUT2D eigenvalue weighted by Gasteiger charge is -2.26. The molecule has 1 heterocycles. The van der Waals surface area contributed by atoms with E-state index in [0.717, 1.165) is 38.5 Å². The summed E-state index contributed by atoms with van der Waals surface area (Å²) in [5.41, 5.74) is 0. The molecule has 2 rings (SSSR count). The van der Waals surface area contributed by atoms with Crippen LogP contribution in [0.4, 0.5) is 0 Å². The SMILES string of the molecule is O=S(=O)(NCC1CCC(Cl)C1)N1CCCCC1. The van der Waals surface area contributed by atoms with E-state index in [-0.39, 0.29) is 5.38 Å². The molecule has 0 amide bonds. The molecule has 1 saturated heterocycles.